The van der Waals surface area contributed by atoms with Crippen LogP contribution in [0.25, 0.3) is 0 Å². The molecule has 25 heavy (non-hydrogen) atoms. The van der Waals surface area contributed by atoms with Gasteiger partial charge in [-0.3, -0.25) is 0 Å². The molecular weight excluding hydrogens is 349 g/mol. The minimum atomic E-state index is -4.39. The van der Waals surface area contributed by atoms with Gasteiger partial charge in [-0.15, -0.1) is 11.8 Å². The highest BCUT2D eigenvalue weighted by Gasteiger charge is 2.34. The number of hydrogen-bond acceptors (Lipinski definition) is 2. The molecule has 1 N–H and O–H groups in total. The topological polar surface area (TPSA) is 32.3 Å². The number of benzene rings is 2. The Morgan fingerprint density at radius 1 is 1.16 bits per heavy atom. The Bertz CT molecular complexity index is 737. The van der Waals surface area contributed by atoms with Crippen LogP contribution < -0.4 is 5.32 Å². The molecule has 2 aromatic rings. The highest BCUT2D eigenvalue weighted by molar-refractivity contribution is 7.99. The first kappa shape index (κ1) is 17.7. The molecule has 3 rings (SSSR count). The van der Waals surface area contributed by atoms with Crippen LogP contribution in [0.4, 0.5) is 18.0 Å². The van der Waals surface area contributed by atoms with Crippen molar-refractivity contribution in [3.8, 4) is 0 Å². The van der Waals surface area contributed by atoms with Gasteiger partial charge in [-0.2, -0.15) is 13.2 Å². The van der Waals surface area contributed by atoms with E-state index in [0.29, 0.717) is 24.4 Å². The Kier molecular flexibility index (Phi) is 5.22. The van der Waals surface area contributed by atoms with Crippen molar-refractivity contribution in [2.75, 3.05) is 12.3 Å². The highest BCUT2D eigenvalue weighted by Crippen LogP contribution is 2.40. The van der Waals surface area contributed by atoms with Crippen LogP contribution in [0.15, 0.2) is 54.6 Å². The van der Waals surface area contributed by atoms with Gasteiger partial charge in [0.15, 0.2) is 0 Å². The number of thioether (sulfide) groups is 1. The molecule has 2 amide bonds. The van der Waals surface area contributed by atoms with E-state index >= 15 is 0 Å². The van der Waals surface area contributed by atoms with Gasteiger partial charge in [0, 0.05) is 18.8 Å². The van der Waals surface area contributed by atoms with Gasteiger partial charge < -0.3 is 10.2 Å². The molecule has 0 aromatic heterocycles. The van der Waals surface area contributed by atoms with Crippen molar-refractivity contribution in [1.29, 1.82) is 0 Å². The molecule has 7 heteroatoms. The van der Waals surface area contributed by atoms with Crippen LogP contribution in [-0.2, 0) is 12.7 Å². The second-order valence-electron chi connectivity index (χ2n) is 5.68. The predicted octanol–water partition coefficient (Wildman–Crippen LogP) is 4.66. The lowest BCUT2D eigenvalue weighted by Gasteiger charge is -2.25. The van der Waals surface area contributed by atoms with E-state index in [0.717, 1.165) is 17.7 Å². The zero-order chi connectivity index (χ0) is 17.9. The van der Waals surface area contributed by atoms with Crippen LogP contribution in [0, 0.1) is 0 Å². The lowest BCUT2D eigenvalue weighted by atomic mass is 10.1. The maximum Gasteiger partial charge on any atom is 0.416 e. The number of nitrogens with one attached hydrogen (secondary N) is 1. The van der Waals surface area contributed by atoms with E-state index in [1.54, 1.807) is 11.0 Å². The summed E-state index contributed by atoms with van der Waals surface area (Å²) in [5.41, 5.74) is 0.771. The van der Waals surface area contributed by atoms with Crippen molar-refractivity contribution < 1.29 is 18.0 Å². The van der Waals surface area contributed by atoms with Crippen LogP contribution in [0.3, 0.4) is 0 Å². The van der Waals surface area contributed by atoms with Crippen molar-refractivity contribution >= 4 is 17.8 Å². The van der Waals surface area contributed by atoms with Gasteiger partial charge >= 0.3 is 12.2 Å². The van der Waals surface area contributed by atoms with Crippen LogP contribution in [-0.4, -0.2) is 23.2 Å². The van der Waals surface area contributed by atoms with Crippen LogP contribution >= 0.6 is 11.8 Å². The van der Waals surface area contributed by atoms with Gasteiger partial charge in [0.05, 0.1) is 5.56 Å². The van der Waals surface area contributed by atoms with Crippen molar-refractivity contribution in [1.82, 2.24) is 10.2 Å². The molecule has 0 saturated carbocycles. The first-order valence-corrected chi connectivity index (χ1v) is 8.87. The number of carbonyl (C=O) groups is 1. The first-order valence-electron chi connectivity index (χ1n) is 7.82. The Morgan fingerprint density at radius 3 is 2.64 bits per heavy atom. The fraction of sp³-hybridized carbons (Fsp3) is 0.278. The molecule has 132 valence electrons. The van der Waals surface area contributed by atoms with Gasteiger partial charge in [-0.1, -0.05) is 42.5 Å². The number of halogens is 3. The molecule has 1 fully saturated rings. The van der Waals surface area contributed by atoms with Crippen molar-refractivity contribution in [3.63, 3.8) is 0 Å². The molecule has 2 aromatic carbocycles. The van der Waals surface area contributed by atoms with E-state index in [1.165, 1.54) is 17.8 Å². The van der Waals surface area contributed by atoms with Crippen LogP contribution in [0.5, 0.6) is 0 Å². The third-order valence-corrected chi connectivity index (χ3v) is 5.20. The summed E-state index contributed by atoms with van der Waals surface area (Å²) in [4.78, 5) is 14.0. The summed E-state index contributed by atoms with van der Waals surface area (Å²) in [6.07, 6.45) is -4.39. The van der Waals surface area contributed by atoms with Gasteiger partial charge in [-0.05, 0) is 23.3 Å². The summed E-state index contributed by atoms with van der Waals surface area (Å²) in [6.45, 7) is 0.891. The van der Waals surface area contributed by atoms with Crippen LogP contribution in [0.2, 0.25) is 0 Å². The second kappa shape index (κ2) is 7.39. The number of carbonyl (C=O) groups excluding carboxylic acids is 1. The standard InChI is InChI=1S/C18H17F3N2OS/c19-18(20,21)15-8-4-7-14(11-15)16-23(9-10-25-16)17(24)22-12-13-5-2-1-3-6-13/h1-8,11,16H,9-10,12H2,(H,22,24)/t16-/m1/s1. The van der Waals surface area contributed by atoms with Crippen LogP contribution in [0.1, 0.15) is 22.1 Å². The predicted molar refractivity (Wildman–Crippen MR) is 92.0 cm³/mol. The van der Waals surface area contributed by atoms with Crippen molar-refractivity contribution in [3.05, 3.63) is 71.3 Å². The molecule has 0 spiro atoms. The average Bonchev–Trinajstić information content (AvgIpc) is 3.10. The van der Waals surface area contributed by atoms with Gasteiger partial charge in [-0.25, -0.2) is 4.79 Å². The highest BCUT2D eigenvalue weighted by atomic mass is 32.2. The lowest BCUT2D eigenvalue weighted by Crippen LogP contribution is -2.39. The average molecular weight is 366 g/mol. The largest absolute Gasteiger partial charge is 0.416 e. The van der Waals surface area contributed by atoms with E-state index in [1.807, 2.05) is 30.3 Å². The SMILES string of the molecule is O=C(NCc1ccccc1)N1CCS[C@@H]1c1cccc(C(F)(F)F)c1. The molecule has 1 saturated heterocycles. The maximum atomic E-state index is 12.9. The summed E-state index contributed by atoms with van der Waals surface area (Å²) >= 11 is 1.47. The maximum absolute atomic E-state index is 12.9. The Morgan fingerprint density at radius 2 is 1.92 bits per heavy atom. The zero-order valence-corrected chi connectivity index (χ0v) is 14.1. The number of alkyl halides is 3. The van der Waals surface area contributed by atoms with Crippen molar-refractivity contribution in [2.24, 2.45) is 0 Å². The molecule has 1 aliphatic heterocycles. The fourth-order valence-corrected chi connectivity index (χ4v) is 3.94. The Hall–Kier alpha value is -2.15. The van der Waals surface area contributed by atoms with Gasteiger partial charge in [0.1, 0.15) is 5.37 Å². The third-order valence-electron chi connectivity index (χ3n) is 3.94. The summed E-state index contributed by atoms with van der Waals surface area (Å²) in [5, 5.41) is 2.43. The zero-order valence-electron chi connectivity index (χ0n) is 13.3. The molecule has 0 unspecified atom stereocenters. The summed E-state index contributed by atoms with van der Waals surface area (Å²) < 4.78 is 38.8. The number of amides is 2. The van der Waals surface area contributed by atoms with E-state index in [4.69, 9.17) is 0 Å². The number of urea groups is 1. The number of rotatable bonds is 3. The van der Waals surface area contributed by atoms with E-state index in [9.17, 15) is 18.0 Å². The normalized spacial score (nSPS) is 17.6. The van der Waals surface area contributed by atoms with Crippen molar-refractivity contribution in [2.45, 2.75) is 18.1 Å². The summed E-state index contributed by atoms with van der Waals surface area (Å²) in [6, 6.07) is 14.4. The lowest BCUT2D eigenvalue weighted by molar-refractivity contribution is -0.137. The monoisotopic (exact) mass is 366 g/mol. The Labute approximate surface area is 148 Å². The quantitative estimate of drug-likeness (QED) is 0.857. The summed E-state index contributed by atoms with van der Waals surface area (Å²) in [7, 11) is 0. The van der Waals surface area contributed by atoms with Gasteiger partial charge in [0.2, 0.25) is 0 Å². The van der Waals surface area contributed by atoms with Gasteiger partial charge in [0.25, 0.3) is 0 Å². The second-order valence-corrected chi connectivity index (χ2v) is 6.87. The number of hydrogen-bond donors (Lipinski definition) is 1. The minimum Gasteiger partial charge on any atom is -0.334 e. The van der Waals surface area contributed by atoms with E-state index in [-0.39, 0.29) is 6.03 Å². The minimum absolute atomic E-state index is 0.267. The molecule has 0 bridgehead atoms. The molecular formula is C18H17F3N2OS. The fourth-order valence-electron chi connectivity index (χ4n) is 2.70. The molecule has 1 heterocycles. The van der Waals surface area contributed by atoms with E-state index in [2.05, 4.69) is 5.32 Å². The molecule has 1 atom stereocenters. The first-order chi connectivity index (χ1) is 11.9. The summed E-state index contributed by atoms with van der Waals surface area (Å²) in [5.74, 6) is 0.694. The third kappa shape index (κ3) is 4.28. The molecule has 3 nitrogen and oxygen atoms in total. The smallest absolute Gasteiger partial charge is 0.334 e. The van der Waals surface area contributed by atoms with E-state index < -0.39 is 17.1 Å². The number of nitrogens with zero attached hydrogens (tertiary/aromatic N) is 1. The molecule has 0 radical (unpaired) electrons. The Balaban J connectivity index is 1.71. The molecule has 1 aliphatic rings. The molecule has 0 aliphatic carbocycles.